The van der Waals surface area contributed by atoms with Crippen molar-refractivity contribution in [3.8, 4) is 17.6 Å². The lowest BCUT2D eigenvalue weighted by molar-refractivity contribution is -0.116. The number of rotatable bonds is 2. The molecule has 1 aliphatic carbocycles. The average molecular weight is 404 g/mol. The fraction of sp³-hybridized carbons (Fsp3) is 0.450. The summed E-state index contributed by atoms with van der Waals surface area (Å²) in [5.41, 5.74) is 1.03. The number of nitrogens with one attached hydrogen (secondary N) is 1. The number of aliphatic hydroxyl groups is 1. The number of benzene rings is 1. The van der Waals surface area contributed by atoms with E-state index in [0.717, 1.165) is 31.2 Å². The van der Waals surface area contributed by atoms with Crippen molar-refractivity contribution >= 4 is 27.4 Å². The molecule has 3 rings (SSSR count). The second kappa shape index (κ2) is 6.76. The number of aliphatic hydroxyl groups excluding tert-OH is 1. The molecule has 25 heavy (non-hydrogen) atoms. The molecule has 0 atom stereocenters. The topological polar surface area (TPSA) is 58.6 Å². The van der Waals surface area contributed by atoms with Gasteiger partial charge in [0.05, 0.1) is 18.2 Å². The minimum Gasteiger partial charge on any atom is -0.509 e. The molecule has 4 nitrogen and oxygen atoms in total. The van der Waals surface area contributed by atoms with E-state index in [-0.39, 0.29) is 11.7 Å². The second-order valence-electron chi connectivity index (χ2n) is 6.85. The Labute approximate surface area is 156 Å². The number of carbonyl (C=O) groups excluding carboxylic acids is 1. The predicted octanol–water partition coefficient (Wildman–Crippen LogP) is 4.18. The minimum absolute atomic E-state index is 0.137. The van der Waals surface area contributed by atoms with Crippen molar-refractivity contribution < 1.29 is 14.6 Å². The Kier molecular flexibility index (Phi) is 4.83. The van der Waals surface area contributed by atoms with Crippen molar-refractivity contribution in [3.05, 3.63) is 33.5 Å². The van der Waals surface area contributed by atoms with Gasteiger partial charge in [-0.1, -0.05) is 12.8 Å². The standard InChI is InChI=1S/C20H22BrNO3/c1-4-5-13-10-14(21)16(15(11-13)25-3)17-18(23)20(22-19(17)24)8-6-12(2)7-9-20/h10-12,23H,6-9H2,1-3H3,(H,22,24). The number of halogens is 1. The van der Waals surface area contributed by atoms with Crippen LogP contribution in [0.15, 0.2) is 22.4 Å². The van der Waals surface area contributed by atoms with Crippen LogP contribution >= 0.6 is 15.9 Å². The van der Waals surface area contributed by atoms with Crippen molar-refractivity contribution in [2.75, 3.05) is 7.11 Å². The van der Waals surface area contributed by atoms with Crippen LogP contribution in [0, 0.1) is 17.8 Å². The SMILES string of the molecule is CC#Cc1cc(Br)c(C2=C(O)C3(CCC(C)CC3)NC2=O)c(OC)c1. The molecule has 0 aromatic heterocycles. The number of hydrogen-bond acceptors (Lipinski definition) is 3. The van der Waals surface area contributed by atoms with Crippen LogP contribution in [0.2, 0.25) is 0 Å². The molecule has 0 saturated heterocycles. The van der Waals surface area contributed by atoms with Gasteiger partial charge >= 0.3 is 0 Å². The molecule has 1 aromatic rings. The van der Waals surface area contributed by atoms with E-state index in [4.69, 9.17) is 4.74 Å². The summed E-state index contributed by atoms with van der Waals surface area (Å²) >= 11 is 3.52. The summed E-state index contributed by atoms with van der Waals surface area (Å²) in [6, 6.07) is 3.63. The first-order valence-corrected chi connectivity index (χ1v) is 9.28. The molecule has 5 heteroatoms. The minimum atomic E-state index is -0.634. The molecule has 1 aliphatic heterocycles. The number of amides is 1. The summed E-state index contributed by atoms with van der Waals surface area (Å²) in [5, 5.41) is 14.0. The Balaban J connectivity index is 2.13. The maximum absolute atomic E-state index is 12.7. The molecule has 2 aliphatic rings. The van der Waals surface area contributed by atoms with Crippen molar-refractivity contribution in [1.29, 1.82) is 0 Å². The molecule has 0 radical (unpaired) electrons. The van der Waals surface area contributed by atoms with E-state index in [9.17, 15) is 9.90 Å². The van der Waals surface area contributed by atoms with Crippen LogP contribution < -0.4 is 10.1 Å². The van der Waals surface area contributed by atoms with E-state index in [1.807, 2.05) is 6.07 Å². The van der Waals surface area contributed by atoms with Gasteiger partial charge in [-0.25, -0.2) is 0 Å². The average Bonchev–Trinajstić information content (AvgIpc) is 2.81. The van der Waals surface area contributed by atoms with E-state index in [2.05, 4.69) is 40.0 Å². The quantitative estimate of drug-likeness (QED) is 0.728. The van der Waals surface area contributed by atoms with Crippen LogP contribution in [0.5, 0.6) is 5.75 Å². The third kappa shape index (κ3) is 3.04. The highest BCUT2D eigenvalue weighted by Crippen LogP contribution is 2.46. The van der Waals surface area contributed by atoms with Gasteiger partial charge < -0.3 is 15.2 Å². The zero-order chi connectivity index (χ0) is 18.2. The number of ether oxygens (including phenoxy) is 1. The molecule has 0 unspecified atom stereocenters. The van der Waals surface area contributed by atoms with Gasteiger partial charge in [-0.3, -0.25) is 4.79 Å². The van der Waals surface area contributed by atoms with Gasteiger partial charge in [-0.05, 0) is 66.6 Å². The molecular formula is C20H22BrNO3. The van der Waals surface area contributed by atoms with E-state index in [1.54, 1.807) is 20.1 Å². The maximum atomic E-state index is 12.7. The van der Waals surface area contributed by atoms with Crippen LogP contribution in [0.1, 0.15) is 50.7 Å². The molecule has 1 saturated carbocycles. The van der Waals surface area contributed by atoms with Gasteiger partial charge in [0.25, 0.3) is 5.91 Å². The molecule has 2 N–H and O–H groups in total. The Hall–Kier alpha value is -1.93. The summed E-state index contributed by atoms with van der Waals surface area (Å²) in [4.78, 5) is 12.7. The maximum Gasteiger partial charge on any atom is 0.256 e. The number of hydrogen-bond donors (Lipinski definition) is 2. The van der Waals surface area contributed by atoms with Crippen LogP contribution in [0.3, 0.4) is 0 Å². The van der Waals surface area contributed by atoms with Gasteiger partial charge in [0.1, 0.15) is 11.5 Å². The summed E-state index contributed by atoms with van der Waals surface area (Å²) in [7, 11) is 1.55. The van der Waals surface area contributed by atoms with E-state index >= 15 is 0 Å². The van der Waals surface area contributed by atoms with Crippen LogP contribution in [-0.4, -0.2) is 23.7 Å². The smallest absolute Gasteiger partial charge is 0.256 e. The zero-order valence-electron chi connectivity index (χ0n) is 14.7. The third-order valence-corrected chi connectivity index (χ3v) is 5.82. The zero-order valence-corrected chi connectivity index (χ0v) is 16.3. The van der Waals surface area contributed by atoms with E-state index < -0.39 is 5.54 Å². The third-order valence-electron chi connectivity index (χ3n) is 5.19. The summed E-state index contributed by atoms with van der Waals surface area (Å²) in [6.07, 6.45) is 3.49. The van der Waals surface area contributed by atoms with Crippen LogP contribution in [-0.2, 0) is 4.79 Å². The van der Waals surface area contributed by atoms with Crippen molar-refractivity contribution in [3.63, 3.8) is 0 Å². The molecule has 132 valence electrons. The Morgan fingerprint density at radius 1 is 1.36 bits per heavy atom. The number of carbonyl (C=O) groups is 1. The fourth-order valence-corrected chi connectivity index (χ4v) is 4.38. The van der Waals surface area contributed by atoms with Crippen molar-refractivity contribution in [1.82, 2.24) is 5.32 Å². The van der Waals surface area contributed by atoms with E-state index in [1.165, 1.54) is 0 Å². The molecule has 1 amide bonds. The molecule has 1 fully saturated rings. The summed E-state index contributed by atoms with van der Waals surface area (Å²) < 4.78 is 6.17. The first-order valence-electron chi connectivity index (χ1n) is 8.48. The first-order chi connectivity index (χ1) is 11.9. The fourth-order valence-electron chi connectivity index (χ4n) is 3.74. The van der Waals surface area contributed by atoms with Gasteiger partial charge in [-0.2, -0.15) is 0 Å². The van der Waals surface area contributed by atoms with E-state index in [0.29, 0.717) is 27.3 Å². The van der Waals surface area contributed by atoms with Gasteiger partial charge in [0, 0.05) is 15.6 Å². The van der Waals surface area contributed by atoms with Crippen molar-refractivity contribution in [2.24, 2.45) is 5.92 Å². The van der Waals surface area contributed by atoms with Crippen LogP contribution in [0.4, 0.5) is 0 Å². The monoisotopic (exact) mass is 403 g/mol. The Bertz CT molecular complexity index is 808. The van der Waals surface area contributed by atoms with Gasteiger partial charge in [-0.15, -0.1) is 5.92 Å². The molecule has 1 spiro atoms. The Morgan fingerprint density at radius 3 is 2.64 bits per heavy atom. The largest absolute Gasteiger partial charge is 0.509 e. The molecule has 0 bridgehead atoms. The van der Waals surface area contributed by atoms with Gasteiger partial charge in [0.2, 0.25) is 0 Å². The lowest BCUT2D eigenvalue weighted by Crippen LogP contribution is -2.47. The van der Waals surface area contributed by atoms with Crippen molar-refractivity contribution in [2.45, 2.75) is 45.1 Å². The second-order valence-corrected chi connectivity index (χ2v) is 7.71. The Morgan fingerprint density at radius 2 is 2.04 bits per heavy atom. The molecular weight excluding hydrogens is 382 g/mol. The predicted molar refractivity (Wildman–Crippen MR) is 101 cm³/mol. The number of methoxy groups -OCH3 is 1. The highest BCUT2D eigenvalue weighted by molar-refractivity contribution is 9.10. The normalized spacial score (nSPS) is 25.6. The molecule has 1 heterocycles. The highest BCUT2D eigenvalue weighted by atomic mass is 79.9. The lowest BCUT2D eigenvalue weighted by atomic mass is 9.76. The lowest BCUT2D eigenvalue weighted by Gasteiger charge is -2.36. The summed E-state index contributed by atoms with van der Waals surface area (Å²) in [5.74, 6) is 6.86. The summed E-state index contributed by atoms with van der Waals surface area (Å²) in [6.45, 7) is 3.97. The van der Waals surface area contributed by atoms with Crippen LogP contribution in [0.25, 0.3) is 5.57 Å². The highest BCUT2D eigenvalue weighted by Gasteiger charge is 2.48. The first kappa shape index (κ1) is 17.9. The molecule has 1 aromatic carbocycles. The van der Waals surface area contributed by atoms with Gasteiger partial charge in [0.15, 0.2) is 0 Å².